The Bertz CT molecular complexity index is 323. The molecule has 0 aromatic carbocycles. The molecule has 1 unspecified atom stereocenters. The molecular weight excluding hydrogens is 254 g/mol. The molecule has 0 spiro atoms. The smallest absolute Gasteiger partial charge is 0.268 e. The molecule has 1 fully saturated rings. The van der Waals surface area contributed by atoms with Crippen LogP contribution in [-0.4, -0.2) is 59.0 Å². The average molecular weight is 273 g/mol. The Kier molecular flexibility index (Phi) is 6.77. The molecule has 0 saturated carbocycles. The van der Waals surface area contributed by atoms with Gasteiger partial charge in [-0.05, 0) is 5.75 Å². The Morgan fingerprint density at radius 2 is 2.39 bits per heavy atom. The molecule has 1 aliphatic rings. The number of rotatable bonds is 6. The number of thioether (sulfide) groups is 1. The van der Waals surface area contributed by atoms with Crippen LogP contribution in [-0.2, 0) is 9.59 Å². The second-order valence-corrected chi connectivity index (χ2v) is 5.13. The van der Waals surface area contributed by atoms with Crippen LogP contribution in [0.2, 0.25) is 0 Å². The highest BCUT2D eigenvalue weighted by atomic mass is 32.2. The maximum absolute atomic E-state index is 12.0. The van der Waals surface area contributed by atoms with Gasteiger partial charge in [-0.25, -0.2) is 5.48 Å². The van der Waals surface area contributed by atoms with E-state index in [1.807, 2.05) is 11.8 Å². The van der Waals surface area contributed by atoms with Gasteiger partial charge < -0.3 is 10.2 Å². The minimum atomic E-state index is -0.595. The van der Waals surface area contributed by atoms with Crippen molar-refractivity contribution < 1.29 is 14.8 Å². The summed E-state index contributed by atoms with van der Waals surface area (Å²) >= 11 is 1.59. The monoisotopic (exact) mass is 273 g/mol. The molecule has 1 aliphatic heterocycles. The largest absolute Gasteiger partial charge is 0.365 e. The third-order valence-electron chi connectivity index (χ3n) is 2.63. The van der Waals surface area contributed by atoms with E-state index in [1.165, 1.54) is 11.6 Å². The molecule has 102 valence electrons. The van der Waals surface area contributed by atoms with Crippen LogP contribution < -0.4 is 10.8 Å². The van der Waals surface area contributed by atoms with Crippen LogP contribution in [0.5, 0.6) is 0 Å². The summed E-state index contributed by atoms with van der Waals surface area (Å²) in [4.78, 5) is 24.8. The lowest BCUT2D eigenvalue weighted by Gasteiger charge is -2.34. The van der Waals surface area contributed by atoms with Crippen LogP contribution >= 0.6 is 11.8 Å². The fourth-order valence-electron chi connectivity index (χ4n) is 1.70. The molecule has 3 N–H and O–H groups in total. The second-order valence-electron chi connectivity index (χ2n) is 3.85. The number of ketones is 1. The normalized spacial score (nSPS) is 20.1. The van der Waals surface area contributed by atoms with Gasteiger partial charge in [-0.2, -0.15) is 11.8 Å². The van der Waals surface area contributed by atoms with Crippen molar-refractivity contribution in [3.05, 3.63) is 12.3 Å². The molecule has 1 heterocycles. The van der Waals surface area contributed by atoms with Gasteiger partial charge >= 0.3 is 0 Å². The summed E-state index contributed by atoms with van der Waals surface area (Å²) in [5.41, 5.74) is 1.53. The Labute approximate surface area is 111 Å². The first-order valence-corrected chi connectivity index (χ1v) is 7.03. The van der Waals surface area contributed by atoms with E-state index in [1.54, 1.807) is 18.0 Å². The lowest BCUT2D eigenvalue weighted by molar-refractivity contribution is -0.124. The Hall–Kier alpha value is -1.05. The third-order valence-corrected chi connectivity index (χ3v) is 3.53. The SMILES string of the molecule is CCSCC(=O)C1CNCCN1/C=C/C(=O)NO. The van der Waals surface area contributed by atoms with E-state index < -0.39 is 5.91 Å². The van der Waals surface area contributed by atoms with Crippen molar-refractivity contribution in [2.45, 2.75) is 13.0 Å². The molecule has 0 aromatic heterocycles. The molecule has 0 aliphatic carbocycles. The van der Waals surface area contributed by atoms with Gasteiger partial charge in [-0.1, -0.05) is 6.92 Å². The van der Waals surface area contributed by atoms with Crippen molar-refractivity contribution >= 4 is 23.5 Å². The Balaban J connectivity index is 2.59. The summed E-state index contributed by atoms with van der Waals surface area (Å²) in [6, 6.07) is -0.236. The predicted octanol–water partition coefficient (Wildman–Crippen LogP) is -0.398. The van der Waals surface area contributed by atoms with Crippen LogP contribution in [0.25, 0.3) is 0 Å². The third kappa shape index (κ3) is 4.67. The average Bonchev–Trinajstić information content (AvgIpc) is 2.42. The molecule has 6 nitrogen and oxygen atoms in total. The van der Waals surface area contributed by atoms with Crippen LogP contribution in [0.3, 0.4) is 0 Å². The topological polar surface area (TPSA) is 81.7 Å². The summed E-state index contributed by atoms with van der Waals surface area (Å²) in [6.07, 6.45) is 2.78. The van der Waals surface area contributed by atoms with E-state index in [0.717, 1.165) is 12.3 Å². The summed E-state index contributed by atoms with van der Waals surface area (Å²) < 4.78 is 0. The lowest BCUT2D eigenvalue weighted by Crippen LogP contribution is -2.53. The molecule has 18 heavy (non-hydrogen) atoms. The zero-order valence-corrected chi connectivity index (χ0v) is 11.2. The number of hydrogen-bond donors (Lipinski definition) is 3. The van der Waals surface area contributed by atoms with Crippen molar-refractivity contribution in [2.24, 2.45) is 0 Å². The van der Waals surface area contributed by atoms with Gasteiger partial charge in [0.15, 0.2) is 5.78 Å². The predicted molar refractivity (Wildman–Crippen MR) is 70.4 cm³/mol. The van der Waals surface area contributed by atoms with Crippen molar-refractivity contribution in [3.63, 3.8) is 0 Å². The fourth-order valence-corrected chi connectivity index (χ4v) is 2.29. The number of nitrogens with one attached hydrogen (secondary N) is 2. The highest BCUT2D eigenvalue weighted by molar-refractivity contribution is 7.99. The number of hydrogen-bond acceptors (Lipinski definition) is 6. The quantitative estimate of drug-likeness (QED) is 0.347. The van der Waals surface area contributed by atoms with Crippen LogP contribution in [0.15, 0.2) is 12.3 Å². The van der Waals surface area contributed by atoms with Gasteiger partial charge in [0.1, 0.15) is 6.04 Å². The van der Waals surface area contributed by atoms with Crippen molar-refractivity contribution in [2.75, 3.05) is 31.1 Å². The van der Waals surface area contributed by atoms with E-state index in [0.29, 0.717) is 18.8 Å². The van der Waals surface area contributed by atoms with Gasteiger partial charge in [0.2, 0.25) is 0 Å². The van der Waals surface area contributed by atoms with Gasteiger partial charge in [0.25, 0.3) is 5.91 Å². The molecule has 0 bridgehead atoms. The highest BCUT2D eigenvalue weighted by Crippen LogP contribution is 2.09. The maximum Gasteiger partial charge on any atom is 0.268 e. The number of carbonyl (C=O) groups excluding carboxylic acids is 2. The van der Waals surface area contributed by atoms with E-state index in [2.05, 4.69) is 5.32 Å². The standard InChI is InChI=1S/C11H19N3O3S/c1-2-18-8-10(15)9-7-12-4-6-14(9)5-3-11(16)13-17/h3,5,9,12,17H,2,4,6-8H2,1H3,(H,13,16)/b5-3+. The number of hydroxylamine groups is 1. The Morgan fingerprint density at radius 1 is 1.61 bits per heavy atom. The number of Topliss-reactive ketones (excluding diaryl/α,β-unsaturated/α-hetero) is 1. The van der Waals surface area contributed by atoms with E-state index in [4.69, 9.17) is 5.21 Å². The van der Waals surface area contributed by atoms with Crippen molar-refractivity contribution in [1.29, 1.82) is 0 Å². The van der Waals surface area contributed by atoms with Crippen LogP contribution in [0.4, 0.5) is 0 Å². The van der Waals surface area contributed by atoms with Crippen molar-refractivity contribution in [3.8, 4) is 0 Å². The van der Waals surface area contributed by atoms with Gasteiger partial charge in [-0.3, -0.25) is 14.8 Å². The van der Waals surface area contributed by atoms with Gasteiger partial charge in [0, 0.05) is 31.9 Å². The maximum atomic E-state index is 12.0. The molecular formula is C11H19N3O3S. The first-order valence-electron chi connectivity index (χ1n) is 5.88. The molecule has 1 atom stereocenters. The van der Waals surface area contributed by atoms with Crippen LogP contribution in [0.1, 0.15) is 6.92 Å². The summed E-state index contributed by atoms with van der Waals surface area (Å²) in [5.74, 6) is 0.958. The van der Waals surface area contributed by atoms with Crippen molar-refractivity contribution in [1.82, 2.24) is 15.7 Å². The van der Waals surface area contributed by atoms with E-state index >= 15 is 0 Å². The van der Waals surface area contributed by atoms with E-state index in [-0.39, 0.29) is 11.8 Å². The first-order chi connectivity index (χ1) is 8.69. The summed E-state index contributed by atoms with van der Waals surface area (Å²) in [6.45, 7) is 4.05. The molecule has 1 amide bonds. The number of carbonyl (C=O) groups is 2. The minimum absolute atomic E-state index is 0.156. The van der Waals surface area contributed by atoms with Gasteiger partial charge in [-0.15, -0.1) is 0 Å². The molecule has 7 heteroatoms. The first kappa shape index (κ1) is 15.0. The van der Waals surface area contributed by atoms with Crippen LogP contribution in [0, 0.1) is 0 Å². The fraction of sp³-hybridized carbons (Fsp3) is 0.636. The molecule has 0 aromatic rings. The van der Waals surface area contributed by atoms with Gasteiger partial charge in [0.05, 0.1) is 5.75 Å². The number of piperazine rings is 1. The zero-order valence-electron chi connectivity index (χ0n) is 10.4. The summed E-state index contributed by atoms with van der Waals surface area (Å²) in [7, 11) is 0. The zero-order chi connectivity index (χ0) is 13.4. The number of amides is 1. The minimum Gasteiger partial charge on any atom is -0.365 e. The number of nitrogens with zero attached hydrogens (tertiary/aromatic N) is 1. The second kappa shape index (κ2) is 8.12. The molecule has 1 saturated heterocycles. The summed E-state index contributed by atoms with van der Waals surface area (Å²) in [5, 5.41) is 11.6. The lowest BCUT2D eigenvalue weighted by atomic mass is 10.1. The molecule has 1 rings (SSSR count). The molecule has 0 radical (unpaired) electrons. The highest BCUT2D eigenvalue weighted by Gasteiger charge is 2.25. The van der Waals surface area contributed by atoms with E-state index in [9.17, 15) is 9.59 Å². The Morgan fingerprint density at radius 3 is 3.06 bits per heavy atom.